The van der Waals surface area contributed by atoms with Gasteiger partial charge < -0.3 is 9.32 Å². The SMILES string of the molecule is C=C(C)N(C)S(=O)(=O)c1ccccc1-c1c2ccc(=[N+](C)c3ccccc3C)cc-2oc2cc(N(C)c3ccccc3C)ccc12. The van der Waals surface area contributed by atoms with Gasteiger partial charge in [0.05, 0.1) is 11.0 Å². The van der Waals surface area contributed by atoms with Crippen molar-refractivity contribution in [2.24, 2.45) is 0 Å². The standard InChI is InChI=1S/C39H38N3O3S/c1-26(2)42(7)46(43,44)38-19-13-10-16-33(38)39-31-22-20-29(40(5)34-17-11-8-14-27(34)3)24-36(31)45-37-25-30(21-23-32(37)39)41(6)35-18-12-9-15-28(35)4/h8-25H,1H2,2-7H3/q+1. The van der Waals surface area contributed by atoms with Gasteiger partial charge in [-0.25, -0.2) is 8.42 Å². The van der Waals surface area contributed by atoms with E-state index in [9.17, 15) is 8.42 Å². The lowest BCUT2D eigenvalue weighted by Crippen LogP contribution is -2.25. The number of allylic oxidation sites excluding steroid dienone is 1. The third kappa shape index (κ3) is 5.37. The molecule has 0 saturated heterocycles. The Morgan fingerprint density at radius 2 is 1.46 bits per heavy atom. The van der Waals surface area contributed by atoms with Gasteiger partial charge in [0, 0.05) is 77.0 Å². The van der Waals surface area contributed by atoms with Gasteiger partial charge in [0.15, 0.2) is 0 Å². The molecule has 7 heteroatoms. The molecular formula is C39H38N3O3S+. The minimum Gasteiger partial charge on any atom is -0.456 e. The minimum absolute atomic E-state index is 0.205. The Morgan fingerprint density at radius 1 is 0.783 bits per heavy atom. The van der Waals surface area contributed by atoms with E-state index in [4.69, 9.17) is 4.42 Å². The van der Waals surface area contributed by atoms with Gasteiger partial charge in [-0.15, -0.1) is 0 Å². The second-order valence-corrected chi connectivity index (χ2v) is 13.7. The molecule has 0 unspecified atom stereocenters. The first-order chi connectivity index (χ1) is 22.0. The molecule has 1 aliphatic heterocycles. The monoisotopic (exact) mass is 628 g/mol. The molecule has 0 aromatic heterocycles. The third-order valence-corrected chi connectivity index (χ3v) is 10.7. The lowest BCUT2D eigenvalue weighted by atomic mass is 9.93. The molecule has 0 amide bonds. The van der Waals surface area contributed by atoms with Crippen LogP contribution in [-0.2, 0) is 10.0 Å². The van der Waals surface area contributed by atoms with E-state index in [1.54, 1.807) is 19.1 Å². The molecule has 0 fully saturated rings. The van der Waals surface area contributed by atoms with Crippen molar-refractivity contribution in [3.05, 3.63) is 138 Å². The highest BCUT2D eigenvalue weighted by atomic mass is 32.2. The van der Waals surface area contributed by atoms with Crippen LogP contribution in [0.1, 0.15) is 18.1 Å². The Labute approximate surface area is 271 Å². The van der Waals surface area contributed by atoms with Crippen molar-refractivity contribution in [1.29, 1.82) is 0 Å². The quantitative estimate of drug-likeness (QED) is 0.131. The predicted molar refractivity (Wildman–Crippen MR) is 189 cm³/mol. The molecular weight excluding hydrogens is 591 g/mol. The summed E-state index contributed by atoms with van der Waals surface area (Å²) in [5.74, 6) is 0.650. The number of para-hydroxylation sites is 2. The Bertz CT molecular complexity index is 2280. The molecule has 46 heavy (non-hydrogen) atoms. The number of benzene rings is 5. The molecule has 0 bridgehead atoms. The Balaban J connectivity index is 1.68. The summed E-state index contributed by atoms with van der Waals surface area (Å²) in [6, 6.07) is 35.9. The number of nitrogens with zero attached hydrogens (tertiary/aromatic N) is 3. The minimum atomic E-state index is -3.89. The predicted octanol–water partition coefficient (Wildman–Crippen LogP) is 8.48. The molecule has 0 N–H and O–H groups in total. The number of aryl methyl sites for hydroxylation is 2. The number of hydrogen-bond acceptors (Lipinski definition) is 4. The molecule has 0 saturated carbocycles. The Kier molecular flexibility index (Phi) is 8.04. The van der Waals surface area contributed by atoms with Crippen molar-refractivity contribution in [3.8, 4) is 22.5 Å². The molecule has 1 aliphatic carbocycles. The van der Waals surface area contributed by atoms with Crippen LogP contribution in [0.25, 0.3) is 33.4 Å². The Hall–Kier alpha value is -5.14. The van der Waals surface area contributed by atoms with Gasteiger partial charge in [-0.1, -0.05) is 61.2 Å². The summed E-state index contributed by atoms with van der Waals surface area (Å²) in [4.78, 5) is 2.34. The van der Waals surface area contributed by atoms with Gasteiger partial charge >= 0.3 is 0 Å². The molecule has 0 atom stereocenters. The molecule has 4 aromatic rings. The fourth-order valence-electron chi connectivity index (χ4n) is 5.98. The van der Waals surface area contributed by atoms with E-state index >= 15 is 0 Å². The fraction of sp³-hybridized carbons (Fsp3) is 0.154. The fourth-order valence-corrected chi connectivity index (χ4v) is 7.39. The Morgan fingerprint density at radius 3 is 2.17 bits per heavy atom. The lowest BCUT2D eigenvalue weighted by molar-refractivity contribution is 0.525. The average Bonchev–Trinajstić information content (AvgIpc) is 3.06. The summed E-state index contributed by atoms with van der Waals surface area (Å²) < 4.78 is 37.9. The van der Waals surface area contributed by atoms with Crippen LogP contribution in [-0.4, -0.2) is 33.9 Å². The third-order valence-electron chi connectivity index (χ3n) is 8.75. The number of rotatable bonds is 7. The summed E-state index contributed by atoms with van der Waals surface area (Å²) >= 11 is 0. The van der Waals surface area contributed by atoms with E-state index in [2.05, 4.69) is 66.3 Å². The van der Waals surface area contributed by atoms with Gasteiger partial charge in [-0.05, 0) is 56.7 Å². The first-order valence-corrected chi connectivity index (χ1v) is 16.6. The summed E-state index contributed by atoms with van der Waals surface area (Å²) in [5, 5.41) is 1.77. The van der Waals surface area contributed by atoms with Gasteiger partial charge in [0.25, 0.3) is 10.0 Å². The van der Waals surface area contributed by atoms with Crippen molar-refractivity contribution in [2.75, 3.05) is 26.0 Å². The number of fused-ring (bicyclic) bond motifs is 2. The summed E-state index contributed by atoms with van der Waals surface area (Å²) in [6.07, 6.45) is 0. The molecule has 0 radical (unpaired) electrons. The van der Waals surface area contributed by atoms with E-state index < -0.39 is 10.0 Å². The van der Waals surface area contributed by atoms with Crippen LogP contribution < -0.4 is 14.8 Å². The number of hydrogen-bond donors (Lipinski definition) is 0. The summed E-state index contributed by atoms with van der Waals surface area (Å²) in [6.45, 7) is 9.76. The van der Waals surface area contributed by atoms with Crippen molar-refractivity contribution in [2.45, 2.75) is 25.7 Å². The topological polar surface area (TPSA) is 56.8 Å². The van der Waals surface area contributed by atoms with Gasteiger partial charge in [-0.2, -0.15) is 4.58 Å². The van der Waals surface area contributed by atoms with Crippen molar-refractivity contribution >= 4 is 38.1 Å². The maximum Gasteiger partial charge on any atom is 0.264 e. The number of anilines is 2. The summed E-state index contributed by atoms with van der Waals surface area (Å²) in [5.41, 5.74) is 8.73. The van der Waals surface area contributed by atoms with Crippen LogP contribution >= 0.6 is 0 Å². The summed E-state index contributed by atoms with van der Waals surface area (Å²) in [7, 11) is 1.72. The zero-order valence-corrected chi connectivity index (χ0v) is 27.9. The largest absolute Gasteiger partial charge is 0.456 e. The van der Waals surface area contributed by atoms with Crippen LogP contribution in [0.4, 0.5) is 17.1 Å². The maximum atomic E-state index is 13.9. The first-order valence-electron chi connectivity index (χ1n) is 15.1. The molecule has 6 nitrogen and oxygen atoms in total. The second-order valence-electron chi connectivity index (χ2n) is 11.7. The van der Waals surface area contributed by atoms with Crippen LogP contribution in [0.5, 0.6) is 0 Å². The molecule has 2 aliphatic rings. The van der Waals surface area contributed by atoms with Crippen molar-refractivity contribution in [3.63, 3.8) is 0 Å². The van der Waals surface area contributed by atoms with E-state index in [1.807, 2.05) is 74.8 Å². The van der Waals surface area contributed by atoms with Crippen LogP contribution in [0.15, 0.2) is 131 Å². The maximum absolute atomic E-state index is 13.9. The first kappa shape index (κ1) is 30.9. The van der Waals surface area contributed by atoms with E-state index in [-0.39, 0.29) is 4.90 Å². The molecule has 1 heterocycles. The van der Waals surface area contributed by atoms with Gasteiger partial charge in [-0.3, -0.25) is 4.31 Å². The average molecular weight is 629 g/mol. The highest BCUT2D eigenvalue weighted by molar-refractivity contribution is 7.89. The van der Waals surface area contributed by atoms with E-state index in [0.29, 0.717) is 22.6 Å². The highest BCUT2D eigenvalue weighted by Crippen LogP contribution is 2.44. The van der Waals surface area contributed by atoms with E-state index in [1.165, 1.54) is 11.4 Å². The molecule has 6 rings (SSSR count). The molecule has 4 aromatic carbocycles. The number of sulfonamides is 1. The normalized spacial score (nSPS) is 12.3. The zero-order chi connectivity index (χ0) is 32.7. The lowest BCUT2D eigenvalue weighted by Gasteiger charge is -2.24. The van der Waals surface area contributed by atoms with Gasteiger partial charge in [0.1, 0.15) is 18.4 Å². The highest BCUT2D eigenvalue weighted by Gasteiger charge is 2.28. The van der Waals surface area contributed by atoms with Crippen LogP contribution in [0, 0.1) is 13.8 Å². The molecule has 0 spiro atoms. The van der Waals surface area contributed by atoms with Crippen molar-refractivity contribution in [1.82, 2.24) is 8.88 Å². The van der Waals surface area contributed by atoms with Crippen molar-refractivity contribution < 1.29 is 12.8 Å². The zero-order valence-electron chi connectivity index (χ0n) is 27.1. The second kappa shape index (κ2) is 12.0. The van der Waals surface area contributed by atoms with Crippen LogP contribution in [0.3, 0.4) is 0 Å². The smallest absolute Gasteiger partial charge is 0.264 e. The molecule has 232 valence electrons. The van der Waals surface area contributed by atoms with Gasteiger partial charge in [0.2, 0.25) is 11.0 Å². The van der Waals surface area contributed by atoms with Crippen LogP contribution in [0.2, 0.25) is 0 Å². The van der Waals surface area contributed by atoms with E-state index in [0.717, 1.165) is 50.1 Å².